The minimum Gasteiger partial charge on any atom is -0.352 e. The molecule has 0 radical (unpaired) electrons. The van der Waals surface area contributed by atoms with Crippen molar-refractivity contribution in [2.24, 2.45) is 0 Å². The third kappa shape index (κ3) is 2.68. The van der Waals surface area contributed by atoms with Crippen LogP contribution >= 0.6 is 0 Å². The maximum Gasteiger partial charge on any atom is 0.225 e. The molecule has 0 saturated carbocycles. The third-order valence-electron chi connectivity index (χ3n) is 3.44. The number of aryl methyl sites for hydroxylation is 2. The van der Waals surface area contributed by atoms with Gasteiger partial charge in [-0.15, -0.1) is 5.10 Å². The molecule has 0 aromatic carbocycles. The molecular formula is C14H18N6. The topological polar surface area (TPSA) is 58.0 Å². The van der Waals surface area contributed by atoms with Gasteiger partial charge >= 0.3 is 0 Å². The van der Waals surface area contributed by atoms with Crippen molar-refractivity contribution in [3.8, 4) is 0 Å². The summed E-state index contributed by atoms with van der Waals surface area (Å²) >= 11 is 0. The molecule has 1 fully saturated rings. The quantitative estimate of drug-likeness (QED) is 0.817. The minimum absolute atomic E-state index is 0.810. The fourth-order valence-electron chi connectivity index (χ4n) is 2.25. The molecule has 104 valence electrons. The van der Waals surface area contributed by atoms with Crippen molar-refractivity contribution in [1.82, 2.24) is 20.2 Å². The fourth-order valence-corrected chi connectivity index (χ4v) is 2.25. The molecule has 1 saturated heterocycles. The van der Waals surface area contributed by atoms with Crippen LogP contribution in [0.15, 0.2) is 24.5 Å². The van der Waals surface area contributed by atoms with Crippen LogP contribution in [0.5, 0.6) is 0 Å². The van der Waals surface area contributed by atoms with Gasteiger partial charge in [-0.3, -0.25) is 0 Å². The van der Waals surface area contributed by atoms with Crippen molar-refractivity contribution in [3.63, 3.8) is 0 Å². The Bertz CT molecular complexity index is 504. The highest BCUT2D eigenvalue weighted by atomic mass is 15.3. The van der Waals surface area contributed by atoms with E-state index in [1.54, 1.807) is 0 Å². The molecule has 2 aromatic rings. The molecule has 1 aliphatic heterocycles. The van der Waals surface area contributed by atoms with Crippen LogP contribution in [0.1, 0.15) is 11.3 Å². The average Bonchev–Trinajstić information content (AvgIpc) is 2.49. The zero-order valence-electron chi connectivity index (χ0n) is 11.8. The van der Waals surface area contributed by atoms with Crippen LogP contribution in [0.4, 0.5) is 11.8 Å². The highest BCUT2D eigenvalue weighted by Gasteiger charge is 2.19. The van der Waals surface area contributed by atoms with Crippen LogP contribution in [0.25, 0.3) is 0 Å². The van der Waals surface area contributed by atoms with Crippen molar-refractivity contribution in [2.45, 2.75) is 13.8 Å². The summed E-state index contributed by atoms with van der Waals surface area (Å²) in [5, 5.41) is 8.35. The van der Waals surface area contributed by atoms with E-state index in [2.05, 4.69) is 30.0 Å². The smallest absolute Gasteiger partial charge is 0.225 e. The van der Waals surface area contributed by atoms with Gasteiger partial charge in [-0.2, -0.15) is 5.10 Å². The molecule has 0 N–H and O–H groups in total. The summed E-state index contributed by atoms with van der Waals surface area (Å²) < 4.78 is 0. The lowest BCUT2D eigenvalue weighted by Gasteiger charge is -2.35. The molecule has 6 nitrogen and oxygen atoms in total. The van der Waals surface area contributed by atoms with E-state index >= 15 is 0 Å². The molecule has 0 amide bonds. The van der Waals surface area contributed by atoms with Crippen LogP contribution < -0.4 is 9.80 Å². The molecule has 3 rings (SSSR count). The molecule has 0 atom stereocenters. The van der Waals surface area contributed by atoms with E-state index in [1.165, 1.54) is 0 Å². The highest BCUT2D eigenvalue weighted by molar-refractivity contribution is 5.41. The summed E-state index contributed by atoms with van der Waals surface area (Å²) in [7, 11) is 0. The lowest BCUT2D eigenvalue weighted by Crippen LogP contribution is -2.47. The summed E-state index contributed by atoms with van der Waals surface area (Å²) in [4.78, 5) is 13.2. The van der Waals surface area contributed by atoms with Crippen LogP contribution in [0.3, 0.4) is 0 Å². The van der Waals surface area contributed by atoms with Gasteiger partial charge in [0.25, 0.3) is 0 Å². The van der Waals surface area contributed by atoms with E-state index in [4.69, 9.17) is 0 Å². The maximum atomic E-state index is 4.38. The van der Waals surface area contributed by atoms with Gasteiger partial charge in [0.05, 0.1) is 5.69 Å². The Balaban J connectivity index is 1.64. The summed E-state index contributed by atoms with van der Waals surface area (Å²) in [6.45, 7) is 7.57. The number of hydrogen-bond donors (Lipinski definition) is 0. The first-order valence-corrected chi connectivity index (χ1v) is 6.81. The molecule has 1 aliphatic rings. The number of rotatable bonds is 2. The zero-order valence-corrected chi connectivity index (χ0v) is 11.8. The summed E-state index contributed by atoms with van der Waals surface area (Å²) in [6, 6.07) is 4.03. The lowest BCUT2D eigenvalue weighted by molar-refractivity contribution is 0.630. The van der Waals surface area contributed by atoms with Crippen LogP contribution in [-0.2, 0) is 0 Å². The Labute approximate surface area is 118 Å². The Hall–Kier alpha value is -2.24. The minimum atomic E-state index is 0.810. The maximum absolute atomic E-state index is 4.38. The van der Waals surface area contributed by atoms with Gasteiger partial charge in [0.1, 0.15) is 0 Å². The van der Waals surface area contributed by atoms with E-state index in [1.807, 2.05) is 38.4 Å². The van der Waals surface area contributed by atoms with E-state index < -0.39 is 0 Å². The molecule has 0 aliphatic carbocycles. The predicted octanol–water partition coefficient (Wildman–Crippen LogP) is 1.21. The van der Waals surface area contributed by atoms with Crippen LogP contribution in [-0.4, -0.2) is 46.3 Å². The Morgan fingerprint density at radius 2 is 1.50 bits per heavy atom. The summed E-state index contributed by atoms with van der Waals surface area (Å²) in [5.74, 6) is 1.75. The second kappa shape index (κ2) is 5.40. The standard InChI is InChI=1S/C14H18N6/c1-11-9-15-14(16-10-11)20-7-5-19(6-8-20)13-4-3-12(2)17-18-13/h3-4,9-10H,5-8H2,1-2H3. The number of aromatic nitrogens is 4. The summed E-state index contributed by atoms with van der Waals surface area (Å²) in [5.41, 5.74) is 2.03. The first-order valence-electron chi connectivity index (χ1n) is 6.81. The van der Waals surface area contributed by atoms with Gasteiger partial charge < -0.3 is 9.80 Å². The number of nitrogens with zero attached hydrogens (tertiary/aromatic N) is 6. The monoisotopic (exact) mass is 270 g/mol. The molecule has 0 bridgehead atoms. The fraction of sp³-hybridized carbons (Fsp3) is 0.429. The van der Waals surface area contributed by atoms with Crippen molar-refractivity contribution < 1.29 is 0 Å². The first-order chi connectivity index (χ1) is 9.72. The van der Waals surface area contributed by atoms with Gasteiger partial charge in [-0.25, -0.2) is 9.97 Å². The van der Waals surface area contributed by atoms with Gasteiger partial charge in [0, 0.05) is 38.6 Å². The highest BCUT2D eigenvalue weighted by Crippen LogP contribution is 2.15. The Morgan fingerprint density at radius 3 is 2.10 bits per heavy atom. The summed E-state index contributed by atoms with van der Waals surface area (Å²) in [6.07, 6.45) is 3.72. The van der Waals surface area contributed by atoms with E-state index in [9.17, 15) is 0 Å². The number of anilines is 2. The van der Waals surface area contributed by atoms with Gasteiger partial charge in [-0.05, 0) is 31.5 Å². The molecule has 6 heteroatoms. The largest absolute Gasteiger partial charge is 0.352 e. The van der Waals surface area contributed by atoms with Crippen molar-refractivity contribution in [2.75, 3.05) is 36.0 Å². The molecule has 3 heterocycles. The lowest BCUT2D eigenvalue weighted by atomic mass is 10.3. The van der Waals surface area contributed by atoms with E-state index in [0.717, 1.165) is 49.2 Å². The third-order valence-corrected chi connectivity index (χ3v) is 3.44. The molecular weight excluding hydrogens is 252 g/mol. The van der Waals surface area contributed by atoms with E-state index in [-0.39, 0.29) is 0 Å². The van der Waals surface area contributed by atoms with Gasteiger partial charge in [0.2, 0.25) is 5.95 Å². The molecule has 2 aromatic heterocycles. The van der Waals surface area contributed by atoms with Gasteiger partial charge in [0.15, 0.2) is 5.82 Å². The Kier molecular flexibility index (Phi) is 3.45. The molecule has 0 unspecified atom stereocenters. The van der Waals surface area contributed by atoms with Crippen molar-refractivity contribution in [1.29, 1.82) is 0 Å². The SMILES string of the molecule is Cc1cnc(N2CCN(c3ccc(C)nn3)CC2)nc1. The molecule has 20 heavy (non-hydrogen) atoms. The Morgan fingerprint density at radius 1 is 0.850 bits per heavy atom. The van der Waals surface area contributed by atoms with E-state index in [0.29, 0.717) is 0 Å². The first kappa shape index (κ1) is 12.8. The van der Waals surface area contributed by atoms with Crippen molar-refractivity contribution in [3.05, 3.63) is 35.8 Å². The average molecular weight is 270 g/mol. The predicted molar refractivity (Wildman–Crippen MR) is 78.0 cm³/mol. The van der Waals surface area contributed by atoms with Crippen LogP contribution in [0.2, 0.25) is 0 Å². The second-order valence-corrected chi connectivity index (χ2v) is 5.07. The van der Waals surface area contributed by atoms with Crippen LogP contribution in [0, 0.1) is 13.8 Å². The zero-order chi connectivity index (χ0) is 13.9. The molecule has 0 spiro atoms. The second-order valence-electron chi connectivity index (χ2n) is 5.07. The number of hydrogen-bond acceptors (Lipinski definition) is 6. The normalized spacial score (nSPS) is 15.5. The number of piperazine rings is 1. The van der Waals surface area contributed by atoms with Gasteiger partial charge in [-0.1, -0.05) is 0 Å². The van der Waals surface area contributed by atoms with Crippen molar-refractivity contribution >= 4 is 11.8 Å².